The van der Waals surface area contributed by atoms with Crippen LogP contribution in [0.5, 0.6) is 0 Å². The molecule has 0 amide bonds. The normalized spacial score (nSPS) is 24.1. The Labute approximate surface area is 132 Å². The molecular formula is C18H38N2O. The van der Waals surface area contributed by atoms with Gasteiger partial charge in [0.1, 0.15) is 0 Å². The highest BCUT2D eigenvalue weighted by Crippen LogP contribution is 2.26. The molecule has 0 aromatic rings. The molecule has 1 N–H and O–H groups in total. The van der Waals surface area contributed by atoms with Gasteiger partial charge in [-0.15, -0.1) is 0 Å². The summed E-state index contributed by atoms with van der Waals surface area (Å²) in [6.45, 7) is 16.7. The van der Waals surface area contributed by atoms with Crippen molar-refractivity contribution in [3.05, 3.63) is 0 Å². The van der Waals surface area contributed by atoms with E-state index in [0.717, 1.165) is 32.2 Å². The smallest absolute Gasteiger partial charge is 0.0593 e. The van der Waals surface area contributed by atoms with E-state index in [2.05, 4.69) is 44.8 Å². The summed E-state index contributed by atoms with van der Waals surface area (Å²) in [7, 11) is 0. The van der Waals surface area contributed by atoms with E-state index in [0.29, 0.717) is 11.6 Å². The minimum absolute atomic E-state index is 0.313. The lowest BCUT2D eigenvalue weighted by atomic mass is 9.85. The number of ether oxygens (including phenoxy) is 1. The maximum atomic E-state index is 5.81. The zero-order valence-electron chi connectivity index (χ0n) is 15.1. The van der Waals surface area contributed by atoms with Crippen LogP contribution in [-0.2, 0) is 4.74 Å². The van der Waals surface area contributed by atoms with Crippen LogP contribution < -0.4 is 5.32 Å². The average molecular weight is 299 g/mol. The molecule has 0 radical (unpaired) electrons. The van der Waals surface area contributed by atoms with Gasteiger partial charge in [-0.3, -0.25) is 4.90 Å². The van der Waals surface area contributed by atoms with Gasteiger partial charge >= 0.3 is 0 Å². The van der Waals surface area contributed by atoms with E-state index < -0.39 is 0 Å². The van der Waals surface area contributed by atoms with Gasteiger partial charge in [0.2, 0.25) is 0 Å². The highest BCUT2D eigenvalue weighted by molar-refractivity contribution is 4.97. The molecule has 0 spiro atoms. The van der Waals surface area contributed by atoms with E-state index in [1.165, 1.54) is 38.6 Å². The van der Waals surface area contributed by atoms with Crippen molar-refractivity contribution in [1.29, 1.82) is 0 Å². The zero-order chi connectivity index (χ0) is 15.7. The predicted molar refractivity (Wildman–Crippen MR) is 91.9 cm³/mol. The summed E-state index contributed by atoms with van der Waals surface area (Å²) in [5, 5.41) is 3.86. The highest BCUT2D eigenvalue weighted by Gasteiger charge is 2.37. The van der Waals surface area contributed by atoms with Crippen LogP contribution in [0.1, 0.15) is 66.7 Å². The van der Waals surface area contributed by atoms with Gasteiger partial charge in [0.25, 0.3) is 0 Å². The Morgan fingerprint density at radius 1 is 1.19 bits per heavy atom. The van der Waals surface area contributed by atoms with Gasteiger partial charge in [0, 0.05) is 37.8 Å². The fraction of sp³-hybridized carbons (Fsp3) is 1.00. The molecule has 126 valence electrons. The maximum absolute atomic E-state index is 5.81. The summed E-state index contributed by atoms with van der Waals surface area (Å²) in [4.78, 5) is 2.70. The SMILES string of the molecule is CCCCOCCN1CC(CC)(CC)NCC1C(C)CC. The van der Waals surface area contributed by atoms with Crippen molar-refractivity contribution < 1.29 is 4.74 Å². The lowest BCUT2D eigenvalue weighted by Gasteiger charge is -2.49. The fourth-order valence-corrected chi connectivity index (χ4v) is 3.34. The quantitative estimate of drug-likeness (QED) is 0.623. The number of hydrogen-bond acceptors (Lipinski definition) is 3. The van der Waals surface area contributed by atoms with Crippen molar-refractivity contribution >= 4 is 0 Å². The van der Waals surface area contributed by atoms with Gasteiger partial charge < -0.3 is 10.1 Å². The van der Waals surface area contributed by atoms with Gasteiger partial charge in [0.05, 0.1) is 6.61 Å². The molecule has 1 aliphatic heterocycles. The minimum atomic E-state index is 0.313. The van der Waals surface area contributed by atoms with Crippen molar-refractivity contribution in [2.75, 3.05) is 32.8 Å². The largest absolute Gasteiger partial charge is 0.380 e. The second-order valence-corrected chi connectivity index (χ2v) is 6.76. The Bertz CT molecular complexity index is 266. The first kappa shape index (κ1) is 18.9. The second-order valence-electron chi connectivity index (χ2n) is 6.76. The van der Waals surface area contributed by atoms with Gasteiger partial charge in [-0.1, -0.05) is 47.5 Å². The van der Waals surface area contributed by atoms with Gasteiger partial charge in [-0.25, -0.2) is 0 Å². The van der Waals surface area contributed by atoms with Crippen molar-refractivity contribution in [3.63, 3.8) is 0 Å². The average Bonchev–Trinajstić information content (AvgIpc) is 2.53. The molecule has 3 nitrogen and oxygen atoms in total. The van der Waals surface area contributed by atoms with E-state index in [9.17, 15) is 0 Å². The molecule has 0 saturated carbocycles. The van der Waals surface area contributed by atoms with Crippen molar-refractivity contribution in [3.8, 4) is 0 Å². The van der Waals surface area contributed by atoms with E-state index in [1.807, 2.05) is 0 Å². The summed E-state index contributed by atoms with van der Waals surface area (Å²) in [5.74, 6) is 0.750. The van der Waals surface area contributed by atoms with Crippen LogP contribution in [0.2, 0.25) is 0 Å². The molecule has 21 heavy (non-hydrogen) atoms. The monoisotopic (exact) mass is 298 g/mol. The van der Waals surface area contributed by atoms with Crippen LogP contribution in [0, 0.1) is 5.92 Å². The van der Waals surface area contributed by atoms with E-state index in [1.54, 1.807) is 0 Å². The van der Waals surface area contributed by atoms with E-state index in [4.69, 9.17) is 4.74 Å². The molecule has 1 saturated heterocycles. The summed E-state index contributed by atoms with van der Waals surface area (Å²) >= 11 is 0. The second kappa shape index (κ2) is 9.81. The van der Waals surface area contributed by atoms with Crippen LogP contribution in [0.25, 0.3) is 0 Å². The zero-order valence-corrected chi connectivity index (χ0v) is 15.1. The summed E-state index contributed by atoms with van der Waals surface area (Å²) in [6.07, 6.45) is 6.08. The molecule has 3 heteroatoms. The molecule has 0 aromatic carbocycles. The Kier molecular flexibility index (Phi) is 8.84. The maximum Gasteiger partial charge on any atom is 0.0593 e. The first-order valence-corrected chi connectivity index (χ1v) is 9.19. The fourth-order valence-electron chi connectivity index (χ4n) is 3.34. The number of unbranched alkanes of at least 4 members (excludes halogenated alkanes) is 1. The summed E-state index contributed by atoms with van der Waals surface area (Å²) in [6, 6.07) is 0.663. The third-order valence-electron chi connectivity index (χ3n) is 5.48. The standard InChI is InChI=1S/C18H38N2O/c1-6-10-12-21-13-11-20-15-18(8-3,9-4)19-14-17(20)16(5)7-2/h16-17,19H,6-15H2,1-5H3. The molecule has 0 bridgehead atoms. The highest BCUT2D eigenvalue weighted by atomic mass is 16.5. The molecule has 1 fully saturated rings. The van der Waals surface area contributed by atoms with Gasteiger partial charge in [-0.05, 0) is 25.2 Å². The molecule has 1 rings (SSSR count). The molecule has 2 atom stereocenters. The predicted octanol–water partition coefficient (Wildman–Crippen LogP) is 3.68. The lowest BCUT2D eigenvalue weighted by molar-refractivity contribution is 0.0180. The lowest BCUT2D eigenvalue weighted by Crippen LogP contribution is -2.65. The number of hydrogen-bond donors (Lipinski definition) is 1. The third-order valence-corrected chi connectivity index (χ3v) is 5.48. The number of nitrogens with one attached hydrogen (secondary N) is 1. The van der Waals surface area contributed by atoms with Crippen molar-refractivity contribution in [2.24, 2.45) is 5.92 Å². The number of piperazine rings is 1. The molecule has 2 unspecified atom stereocenters. The van der Waals surface area contributed by atoms with Gasteiger partial charge in [-0.2, -0.15) is 0 Å². The Morgan fingerprint density at radius 2 is 1.90 bits per heavy atom. The number of rotatable bonds is 10. The van der Waals surface area contributed by atoms with Crippen LogP contribution in [0.15, 0.2) is 0 Å². The molecule has 1 aliphatic rings. The molecular weight excluding hydrogens is 260 g/mol. The number of nitrogens with zero attached hydrogens (tertiary/aromatic N) is 1. The minimum Gasteiger partial charge on any atom is -0.380 e. The van der Waals surface area contributed by atoms with Crippen molar-refractivity contribution in [2.45, 2.75) is 78.3 Å². The van der Waals surface area contributed by atoms with Crippen LogP contribution in [-0.4, -0.2) is 49.3 Å². The van der Waals surface area contributed by atoms with Crippen LogP contribution >= 0.6 is 0 Å². The van der Waals surface area contributed by atoms with E-state index >= 15 is 0 Å². The Morgan fingerprint density at radius 3 is 2.48 bits per heavy atom. The topological polar surface area (TPSA) is 24.5 Å². The first-order chi connectivity index (χ1) is 10.1. The molecule has 0 aliphatic carbocycles. The van der Waals surface area contributed by atoms with Gasteiger partial charge in [0.15, 0.2) is 0 Å². The first-order valence-electron chi connectivity index (χ1n) is 9.19. The Balaban J connectivity index is 2.56. The van der Waals surface area contributed by atoms with E-state index in [-0.39, 0.29) is 0 Å². The van der Waals surface area contributed by atoms with Crippen LogP contribution in [0.3, 0.4) is 0 Å². The Hall–Kier alpha value is -0.120. The molecule has 0 aromatic heterocycles. The molecule has 1 heterocycles. The van der Waals surface area contributed by atoms with Crippen LogP contribution in [0.4, 0.5) is 0 Å². The third kappa shape index (κ3) is 5.54. The summed E-state index contributed by atoms with van der Waals surface area (Å²) < 4.78 is 5.81. The summed E-state index contributed by atoms with van der Waals surface area (Å²) in [5.41, 5.74) is 0.313. The van der Waals surface area contributed by atoms with Crippen molar-refractivity contribution in [1.82, 2.24) is 10.2 Å².